The fourth-order valence-electron chi connectivity index (χ4n) is 3.05. The first-order chi connectivity index (χ1) is 14.7. The van der Waals surface area contributed by atoms with Crippen molar-refractivity contribution < 1.29 is 9.59 Å². The zero-order valence-corrected chi connectivity index (χ0v) is 16.4. The van der Waals surface area contributed by atoms with Gasteiger partial charge in [-0.1, -0.05) is 18.1 Å². The lowest BCUT2D eigenvalue weighted by atomic mass is 9.93. The van der Waals surface area contributed by atoms with Crippen molar-refractivity contribution in [3.05, 3.63) is 95.3 Å². The Morgan fingerprint density at radius 1 is 0.867 bits per heavy atom. The molecule has 5 nitrogen and oxygen atoms in total. The first kappa shape index (κ1) is 19.4. The molecule has 0 bridgehead atoms. The average Bonchev–Trinajstić information content (AvgIpc) is 2.76. The summed E-state index contributed by atoms with van der Waals surface area (Å²) in [6.45, 7) is 0. The second-order valence-electron chi connectivity index (χ2n) is 7.18. The lowest BCUT2D eigenvalue weighted by molar-refractivity contribution is 0.0915. The van der Waals surface area contributed by atoms with Gasteiger partial charge >= 0.3 is 0 Å². The summed E-state index contributed by atoms with van der Waals surface area (Å²) in [6.07, 6.45) is 4.94. The van der Waals surface area contributed by atoms with Crippen LogP contribution in [-0.4, -0.2) is 22.8 Å². The van der Waals surface area contributed by atoms with Crippen LogP contribution in [0, 0.1) is 11.8 Å². The third-order valence-corrected chi connectivity index (χ3v) is 4.97. The normalized spacial score (nSPS) is 12.8. The standard InChI is InChI=1S/C25H21N3O2/c29-24(27-22-7-4-8-22)19-11-13-20(14-12-19)25(30)28-23-9-3-5-18(17-23)10-15-21-6-1-2-16-26-21/h1-3,5-6,9,11-14,16-17,22H,4,7-8H2,(H,27,29)(H,28,30). The fourth-order valence-corrected chi connectivity index (χ4v) is 3.05. The molecule has 0 unspecified atom stereocenters. The van der Waals surface area contributed by atoms with E-state index in [0.29, 0.717) is 22.5 Å². The largest absolute Gasteiger partial charge is 0.349 e. The number of hydrogen-bond donors (Lipinski definition) is 2. The molecule has 4 rings (SSSR count). The second kappa shape index (κ2) is 9.06. The van der Waals surface area contributed by atoms with Crippen LogP contribution in [0.3, 0.4) is 0 Å². The monoisotopic (exact) mass is 395 g/mol. The predicted octanol–water partition coefficient (Wildman–Crippen LogP) is 4.02. The van der Waals surface area contributed by atoms with Crippen LogP contribution in [0.4, 0.5) is 5.69 Å². The third-order valence-electron chi connectivity index (χ3n) is 4.97. The summed E-state index contributed by atoms with van der Waals surface area (Å²) >= 11 is 0. The number of carbonyl (C=O) groups is 2. The van der Waals surface area contributed by atoms with Crippen molar-refractivity contribution in [1.29, 1.82) is 0 Å². The van der Waals surface area contributed by atoms with Crippen LogP contribution in [-0.2, 0) is 0 Å². The van der Waals surface area contributed by atoms with Crippen LogP contribution in [0.25, 0.3) is 0 Å². The lowest BCUT2D eigenvalue weighted by Crippen LogP contribution is -2.39. The number of benzene rings is 2. The Labute approximate surface area is 175 Å². The zero-order valence-electron chi connectivity index (χ0n) is 16.4. The number of hydrogen-bond acceptors (Lipinski definition) is 3. The van der Waals surface area contributed by atoms with E-state index >= 15 is 0 Å². The summed E-state index contributed by atoms with van der Waals surface area (Å²) in [5.74, 6) is 5.72. The van der Waals surface area contributed by atoms with Crippen molar-refractivity contribution >= 4 is 17.5 Å². The highest BCUT2D eigenvalue weighted by atomic mass is 16.2. The number of carbonyl (C=O) groups excluding carboxylic acids is 2. The molecule has 1 aliphatic rings. The van der Waals surface area contributed by atoms with Crippen molar-refractivity contribution in [2.24, 2.45) is 0 Å². The van der Waals surface area contributed by atoms with E-state index in [9.17, 15) is 9.59 Å². The second-order valence-corrected chi connectivity index (χ2v) is 7.18. The molecule has 1 aliphatic carbocycles. The van der Waals surface area contributed by atoms with Crippen molar-refractivity contribution in [3.8, 4) is 11.8 Å². The summed E-state index contributed by atoms with van der Waals surface area (Å²) in [4.78, 5) is 28.9. The smallest absolute Gasteiger partial charge is 0.255 e. The van der Waals surface area contributed by atoms with Gasteiger partial charge in [0, 0.05) is 34.6 Å². The third kappa shape index (κ3) is 4.92. The average molecular weight is 395 g/mol. The van der Waals surface area contributed by atoms with Gasteiger partial charge in [-0.15, -0.1) is 0 Å². The van der Waals surface area contributed by atoms with Crippen molar-refractivity contribution in [1.82, 2.24) is 10.3 Å². The van der Waals surface area contributed by atoms with Crippen LogP contribution >= 0.6 is 0 Å². The van der Waals surface area contributed by atoms with Gasteiger partial charge in [0.1, 0.15) is 5.69 Å². The molecule has 1 fully saturated rings. The van der Waals surface area contributed by atoms with Gasteiger partial charge in [0.05, 0.1) is 0 Å². The van der Waals surface area contributed by atoms with E-state index < -0.39 is 0 Å². The summed E-state index contributed by atoms with van der Waals surface area (Å²) in [6, 6.07) is 19.9. The van der Waals surface area contributed by atoms with E-state index in [1.807, 2.05) is 42.5 Å². The van der Waals surface area contributed by atoms with E-state index in [4.69, 9.17) is 0 Å². The quantitative estimate of drug-likeness (QED) is 0.656. The predicted molar refractivity (Wildman–Crippen MR) is 116 cm³/mol. The van der Waals surface area contributed by atoms with Gasteiger partial charge in [-0.25, -0.2) is 4.98 Å². The van der Waals surface area contributed by atoms with Crippen molar-refractivity contribution in [3.63, 3.8) is 0 Å². The molecule has 30 heavy (non-hydrogen) atoms. The molecule has 5 heteroatoms. The Balaban J connectivity index is 1.40. The zero-order chi connectivity index (χ0) is 20.8. The Morgan fingerprint density at radius 2 is 1.63 bits per heavy atom. The number of amides is 2. The number of rotatable bonds is 4. The number of pyridine rings is 1. The molecule has 0 aliphatic heterocycles. The van der Waals surface area contributed by atoms with Crippen LogP contribution in [0.15, 0.2) is 72.9 Å². The van der Waals surface area contributed by atoms with Gasteiger partial charge in [0.2, 0.25) is 0 Å². The highest BCUT2D eigenvalue weighted by Gasteiger charge is 2.20. The molecular formula is C25H21N3O2. The summed E-state index contributed by atoms with van der Waals surface area (Å²) in [5, 5.41) is 5.87. The summed E-state index contributed by atoms with van der Waals surface area (Å²) < 4.78 is 0. The highest BCUT2D eigenvalue weighted by molar-refractivity contribution is 6.05. The van der Waals surface area contributed by atoms with Crippen LogP contribution in [0.1, 0.15) is 51.2 Å². The molecule has 2 aromatic carbocycles. The topological polar surface area (TPSA) is 71.1 Å². The first-order valence-electron chi connectivity index (χ1n) is 9.93. The van der Waals surface area contributed by atoms with Gasteiger partial charge in [0.15, 0.2) is 0 Å². The Hall–Kier alpha value is -3.91. The minimum absolute atomic E-state index is 0.0918. The summed E-state index contributed by atoms with van der Waals surface area (Å²) in [7, 11) is 0. The minimum Gasteiger partial charge on any atom is -0.349 e. The van der Waals surface area contributed by atoms with Crippen molar-refractivity contribution in [2.45, 2.75) is 25.3 Å². The molecule has 0 saturated heterocycles. The highest BCUT2D eigenvalue weighted by Crippen LogP contribution is 2.19. The lowest BCUT2D eigenvalue weighted by Gasteiger charge is -2.26. The summed E-state index contributed by atoms with van der Waals surface area (Å²) in [5.41, 5.74) is 3.17. The molecule has 2 N–H and O–H groups in total. The first-order valence-corrected chi connectivity index (χ1v) is 9.93. The minimum atomic E-state index is -0.240. The maximum atomic E-state index is 12.6. The molecule has 3 aromatic rings. The molecule has 148 valence electrons. The van der Waals surface area contributed by atoms with E-state index in [-0.39, 0.29) is 17.9 Å². The molecule has 2 amide bonds. The fraction of sp³-hybridized carbons (Fsp3) is 0.160. The number of aromatic nitrogens is 1. The van der Waals surface area contributed by atoms with E-state index in [1.165, 1.54) is 6.42 Å². The van der Waals surface area contributed by atoms with E-state index in [1.54, 1.807) is 30.5 Å². The Kier molecular flexibility index (Phi) is 5.86. The molecular weight excluding hydrogens is 374 g/mol. The van der Waals surface area contributed by atoms with Gasteiger partial charge in [0.25, 0.3) is 11.8 Å². The molecule has 1 saturated carbocycles. The van der Waals surface area contributed by atoms with Crippen LogP contribution < -0.4 is 10.6 Å². The van der Waals surface area contributed by atoms with Gasteiger partial charge in [-0.05, 0) is 79.8 Å². The van der Waals surface area contributed by atoms with Crippen molar-refractivity contribution in [2.75, 3.05) is 5.32 Å². The number of nitrogens with zero attached hydrogens (tertiary/aromatic N) is 1. The van der Waals surface area contributed by atoms with Gasteiger partial charge in [-0.3, -0.25) is 9.59 Å². The van der Waals surface area contributed by atoms with E-state index in [0.717, 1.165) is 18.4 Å². The Bertz CT molecular complexity index is 1110. The van der Waals surface area contributed by atoms with E-state index in [2.05, 4.69) is 27.5 Å². The molecule has 0 spiro atoms. The van der Waals surface area contributed by atoms with Crippen LogP contribution in [0.2, 0.25) is 0 Å². The molecule has 1 aromatic heterocycles. The maximum Gasteiger partial charge on any atom is 0.255 e. The molecule has 0 radical (unpaired) electrons. The Morgan fingerprint density at radius 3 is 2.30 bits per heavy atom. The maximum absolute atomic E-state index is 12.6. The van der Waals surface area contributed by atoms with Gasteiger partial charge in [-0.2, -0.15) is 0 Å². The molecule has 1 heterocycles. The number of anilines is 1. The molecule has 0 atom stereocenters. The van der Waals surface area contributed by atoms with Gasteiger partial charge < -0.3 is 10.6 Å². The SMILES string of the molecule is O=C(Nc1cccc(C#Cc2ccccn2)c1)c1ccc(C(=O)NC2CCC2)cc1. The number of nitrogens with one attached hydrogen (secondary N) is 2. The van der Waals surface area contributed by atoms with Crippen LogP contribution in [0.5, 0.6) is 0 Å².